The first-order valence-electron chi connectivity index (χ1n) is 8.44. The number of halogens is 1. The van der Waals surface area contributed by atoms with Crippen LogP contribution < -0.4 is 10.1 Å². The molecule has 2 aromatic rings. The van der Waals surface area contributed by atoms with Gasteiger partial charge in [-0.25, -0.2) is 9.18 Å². The Hall–Kier alpha value is -2.89. The number of rotatable bonds is 8. The van der Waals surface area contributed by atoms with Crippen LogP contribution in [-0.2, 0) is 16.2 Å². The van der Waals surface area contributed by atoms with Gasteiger partial charge in [0.25, 0.3) is 0 Å². The Balaban J connectivity index is 1.52. The average molecular weight is 357 g/mol. The van der Waals surface area contributed by atoms with Crippen LogP contribution in [0.5, 0.6) is 5.75 Å². The standard InChI is InChI=1S/C20H20FNO4/c21-11-18(20(24)25)22-19(23)17-10-16(17)14-6-8-15(9-7-14)26-12-13-4-2-1-3-5-13/h1-9,16-18H,10-12H2,(H,22,23)(H,24,25). The Bertz CT molecular complexity index is 763. The van der Waals surface area contributed by atoms with Crippen LogP contribution in [0.1, 0.15) is 23.5 Å². The van der Waals surface area contributed by atoms with E-state index >= 15 is 0 Å². The van der Waals surface area contributed by atoms with E-state index in [-0.39, 0.29) is 11.8 Å². The molecule has 5 nitrogen and oxygen atoms in total. The van der Waals surface area contributed by atoms with Crippen LogP contribution in [0.2, 0.25) is 0 Å². The Labute approximate surface area is 150 Å². The van der Waals surface area contributed by atoms with Gasteiger partial charge >= 0.3 is 5.97 Å². The molecule has 0 saturated heterocycles. The zero-order valence-corrected chi connectivity index (χ0v) is 14.1. The number of carbonyl (C=O) groups excluding carboxylic acids is 1. The summed E-state index contributed by atoms with van der Waals surface area (Å²) in [4.78, 5) is 22.8. The van der Waals surface area contributed by atoms with Crippen LogP contribution in [0.15, 0.2) is 54.6 Å². The van der Waals surface area contributed by atoms with Gasteiger partial charge in [0, 0.05) is 5.92 Å². The molecule has 136 valence electrons. The number of carboxylic acid groups (broad SMARTS) is 1. The second-order valence-electron chi connectivity index (χ2n) is 6.35. The van der Waals surface area contributed by atoms with E-state index in [1.54, 1.807) is 0 Å². The quantitative estimate of drug-likeness (QED) is 0.762. The van der Waals surface area contributed by atoms with Crippen molar-refractivity contribution in [2.24, 2.45) is 5.92 Å². The van der Waals surface area contributed by atoms with E-state index in [9.17, 15) is 14.0 Å². The van der Waals surface area contributed by atoms with Crippen molar-refractivity contribution in [3.8, 4) is 5.75 Å². The summed E-state index contributed by atoms with van der Waals surface area (Å²) in [6.07, 6.45) is 0.634. The summed E-state index contributed by atoms with van der Waals surface area (Å²) < 4.78 is 18.3. The fourth-order valence-electron chi connectivity index (χ4n) is 2.85. The van der Waals surface area contributed by atoms with Gasteiger partial charge in [-0.05, 0) is 35.6 Å². The molecule has 3 rings (SSSR count). The maximum absolute atomic E-state index is 12.6. The van der Waals surface area contributed by atoms with Crippen molar-refractivity contribution in [1.29, 1.82) is 0 Å². The number of hydrogen-bond donors (Lipinski definition) is 2. The van der Waals surface area contributed by atoms with Crippen LogP contribution >= 0.6 is 0 Å². The van der Waals surface area contributed by atoms with Crippen molar-refractivity contribution >= 4 is 11.9 Å². The Morgan fingerprint density at radius 1 is 1.15 bits per heavy atom. The van der Waals surface area contributed by atoms with Gasteiger partial charge in [0.05, 0.1) is 0 Å². The smallest absolute Gasteiger partial charge is 0.328 e. The van der Waals surface area contributed by atoms with Crippen LogP contribution in [0.3, 0.4) is 0 Å². The molecule has 26 heavy (non-hydrogen) atoms. The second kappa shape index (κ2) is 7.99. The highest BCUT2D eigenvalue weighted by molar-refractivity contribution is 5.87. The molecule has 0 radical (unpaired) electrons. The van der Waals surface area contributed by atoms with E-state index in [0.717, 1.165) is 16.9 Å². The largest absolute Gasteiger partial charge is 0.489 e. The zero-order chi connectivity index (χ0) is 18.5. The predicted octanol–water partition coefficient (Wildman–Crippen LogP) is 2.91. The molecule has 1 aliphatic carbocycles. The molecule has 0 aliphatic heterocycles. The van der Waals surface area contributed by atoms with Gasteiger partial charge in [-0.1, -0.05) is 42.5 Å². The molecular weight excluding hydrogens is 337 g/mol. The molecule has 0 spiro atoms. The molecule has 1 amide bonds. The molecule has 0 bridgehead atoms. The van der Waals surface area contributed by atoms with Gasteiger partial charge < -0.3 is 15.2 Å². The van der Waals surface area contributed by atoms with E-state index in [4.69, 9.17) is 9.84 Å². The lowest BCUT2D eigenvalue weighted by atomic mass is 10.1. The van der Waals surface area contributed by atoms with Crippen LogP contribution in [0.25, 0.3) is 0 Å². The SMILES string of the molecule is O=C(O)C(CF)NC(=O)C1CC1c1ccc(OCc2ccccc2)cc1. The van der Waals surface area contributed by atoms with Gasteiger partial charge in [0.2, 0.25) is 5.91 Å². The van der Waals surface area contributed by atoms with Crippen molar-refractivity contribution < 1.29 is 23.8 Å². The summed E-state index contributed by atoms with van der Waals surface area (Å²) in [6, 6.07) is 15.9. The van der Waals surface area contributed by atoms with Crippen molar-refractivity contribution in [1.82, 2.24) is 5.32 Å². The minimum Gasteiger partial charge on any atom is -0.489 e. The number of carboxylic acids is 1. The Morgan fingerprint density at radius 3 is 2.46 bits per heavy atom. The predicted molar refractivity (Wildman–Crippen MR) is 93.6 cm³/mol. The molecule has 1 fully saturated rings. The topological polar surface area (TPSA) is 75.6 Å². The fraction of sp³-hybridized carbons (Fsp3) is 0.300. The molecule has 2 N–H and O–H groups in total. The monoisotopic (exact) mass is 357 g/mol. The highest BCUT2D eigenvalue weighted by Crippen LogP contribution is 2.47. The minimum atomic E-state index is -1.47. The highest BCUT2D eigenvalue weighted by Gasteiger charge is 2.44. The fourth-order valence-corrected chi connectivity index (χ4v) is 2.85. The van der Waals surface area contributed by atoms with Crippen molar-refractivity contribution in [3.63, 3.8) is 0 Å². The number of aliphatic carboxylic acids is 1. The van der Waals surface area contributed by atoms with Crippen molar-refractivity contribution in [2.45, 2.75) is 25.0 Å². The van der Waals surface area contributed by atoms with Gasteiger partial charge in [-0.2, -0.15) is 0 Å². The Kier molecular flexibility index (Phi) is 5.51. The van der Waals surface area contributed by atoms with Gasteiger partial charge in [0.15, 0.2) is 6.04 Å². The third kappa shape index (κ3) is 4.39. The summed E-state index contributed by atoms with van der Waals surface area (Å²) in [5.74, 6) is -1.31. The summed E-state index contributed by atoms with van der Waals surface area (Å²) in [5.41, 5.74) is 2.07. The molecule has 3 atom stereocenters. The van der Waals surface area contributed by atoms with Crippen LogP contribution in [0.4, 0.5) is 4.39 Å². The molecule has 0 aromatic heterocycles. The lowest BCUT2D eigenvalue weighted by molar-refractivity contribution is -0.142. The zero-order valence-electron chi connectivity index (χ0n) is 14.1. The van der Waals surface area contributed by atoms with Crippen molar-refractivity contribution in [3.05, 3.63) is 65.7 Å². The van der Waals surface area contributed by atoms with Gasteiger partial charge in [-0.15, -0.1) is 0 Å². The number of nitrogens with one attached hydrogen (secondary N) is 1. The van der Waals surface area contributed by atoms with Gasteiger partial charge in [0.1, 0.15) is 19.0 Å². The first kappa shape index (κ1) is 17.9. The lowest BCUT2D eigenvalue weighted by Gasteiger charge is -2.10. The lowest BCUT2D eigenvalue weighted by Crippen LogP contribution is -2.43. The molecule has 2 aromatic carbocycles. The first-order valence-corrected chi connectivity index (χ1v) is 8.44. The van der Waals surface area contributed by atoms with E-state index in [2.05, 4.69) is 5.32 Å². The van der Waals surface area contributed by atoms with E-state index in [1.807, 2.05) is 54.6 Å². The maximum Gasteiger partial charge on any atom is 0.328 e. The molecule has 0 heterocycles. The highest BCUT2D eigenvalue weighted by atomic mass is 19.1. The van der Waals surface area contributed by atoms with E-state index in [1.165, 1.54) is 0 Å². The summed E-state index contributed by atoms with van der Waals surface area (Å²) in [5, 5.41) is 11.0. The molecule has 3 unspecified atom stereocenters. The summed E-state index contributed by atoms with van der Waals surface area (Å²) >= 11 is 0. The van der Waals surface area contributed by atoms with Crippen LogP contribution in [-0.4, -0.2) is 29.7 Å². The van der Waals surface area contributed by atoms with E-state index in [0.29, 0.717) is 13.0 Å². The molecular formula is C20H20FNO4. The number of carbonyl (C=O) groups is 2. The van der Waals surface area contributed by atoms with Gasteiger partial charge in [-0.3, -0.25) is 4.79 Å². The first-order chi connectivity index (χ1) is 12.6. The minimum absolute atomic E-state index is 0.0345. The van der Waals surface area contributed by atoms with E-state index < -0.39 is 24.6 Å². The maximum atomic E-state index is 12.6. The third-order valence-electron chi connectivity index (χ3n) is 4.45. The average Bonchev–Trinajstić information content (AvgIpc) is 3.46. The van der Waals surface area contributed by atoms with Crippen LogP contribution in [0, 0.1) is 5.92 Å². The number of ether oxygens (including phenoxy) is 1. The third-order valence-corrected chi connectivity index (χ3v) is 4.45. The second-order valence-corrected chi connectivity index (χ2v) is 6.35. The number of benzene rings is 2. The summed E-state index contributed by atoms with van der Waals surface area (Å²) in [7, 11) is 0. The number of hydrogen-bond acceptors (Lipinski definition) is 3. The molecule has 1 aliphatic rings. The summed E-state index contributed by atoms with van der Waals surface area (Å²) in [6.45, 7) is -0.639. The number of amides is 1. The molecule has 6 heteroatoms. The van der Waals surface area contributed by atoms with Crippen molar-refractivity contribution in [2.75, 3.05) is 6.67 Å². The Morgan fingerprint density at radius 2 is 1.85 bits per heavy atom. The normalized spacial score (nSPS) is 19.4. The molecule has 1 saturated carbocycles. The number of alkyl halides is 1.